The minimum Gasteiger partial charge on any atom is -0.387 e. The molecule has 3 heteroatoms. The van der Waals surface area contributed by atoms with Crippen molar-refractivity contribution in [1.82, 2.24) is 4.98 Å². The topological polar surface area (TPSA) is 37.0 Å². The smallest absolute Gasteiger partial charge is 0.0549 e. The number of rotatable bonds is 4. The monoisotopic (exact) mass is 233 g/mol. The molecule has 17 heavy (non-hydrogen) atoms. The average molecular weight is 233 g/mol. The van der Waals surface area contributed by atoms with Crippen LogP contribution in [0.4, 0.5) is 11.4 Å². The zero-order valence-corrected chi connectivity index (χ0v) is 10.9. The average Bonchev–Trinajstić information content (AvgIpc) is 2.40. The van der Waals surface area contributed by atoms with Gasteiger partial charge in [0.25, 0.3) is 0 Å². The van der Waals surface area contributed by atoms with Crippen molar-refractivity contribution < 1.29 is 0 Å². The second-order valence-electron chi connectivity index (χ2n) is 5.04. The molecule has 1 saturated carbocycles. The Hall–Kier alpha value is -1.25. The van der Waals surface area contributed by atoms with Crippen LogP contribution in [-0.2, 0) is 0 Å². The highest BCUT2D eigenvalue weighted by molar-refractivity contribution is 5.54. The highest BCUT2D eigenvalue weighted by Gasteiger charge is 2.19. The van der Waals surface area contributed by atoms with Crippen molar-refractivity contribution in [1.29, 1.82) is 0 Å². The molecule has 1 atom stereocenters. The summed E-state index contributed by atoms with van der Waals surface area (Å²) in [7, 11) is 1.92. The zero-order chi connectivity index (χ0) is 12.1. The number of hydrogen-bond donors (Lipinski definition) is 2. The molecule has 0 saturated heterocycles. The van der Waals surface area contributed by atoms with Crippen LogP contribution in [-0.4, -0.2) is 18.1 Å². The normalized spacial score (nSPS) is 18.7. The lowest BCUT2D eigenvalue weighted by Gasteiger charge is -2.29. The molecule has 1 aromatic rings. The first kappa shape index (κ1) is 12.2. The summed E-state index contributed by atoms with van der Waals surface area (Å²) in [6, 6.07) is 2.66. The van der Waals surface area contributed by atoms with Gasteiger partial charge in [0.05, 0.1) is 23.8 Å². The van der Waals surface area contributed by atoms with Gasteiger partial charge >= 0.3 is 0 Å². The lowest BCUT2D eigenvalue weighted by atomic mass is 9.84. The highest BCUT2D eigenvalue weighted by Crippen LogP contribution is 2.28. The molecule has 94 valence electrons. The predicted octanol–water partition coefficient (Wildman–Crippen LogP) is 3.50. The van der Waals surface area contributed by atoms with Crippen LogP contribution >= 0.6 is 0 Å². The zero-order valence-electron chi connectivity index (χ0n) is 10.9. The Morgan fingerprint density at radius 1 is 1.18 bits per heavy atom. The van der Waals surface area contributed by atoms with Crippen molar-refractivity contribution in [2.45, 2.75) is 45.1 Å². The second kappa shape index (κ2) is 5.89. The molecular weight excluding hydrogens is 210 g/mol. The maximum Gasteiger partial charge on any atom is 0.0549 e. The fourth-order valence-corrected chi connectivity index (χ4v) is 2.67. The lowest BCUT2D eigenvalue weighted by Crippen LogP contribution is -2.27. The Morgan fingerprint density at radius 3 is 2.59 bits per heavy atom. The van der Waals surface area contributed by atoms with Crippen LogP contribution in [0.15, 0.2) is 18.5 Å². The number of pyridine rings is 1. The summed E-state index contributed by atoms with van der Waals surface area (Å²) in [5.41, 5.74) is 2.18. The summed E-state index contributed by atoms with van der Waals surface area (Å²) in [4.78, 5) is 4.23. The Morgan fingerprint density at radius 2 is 1.88 bits per heavy atom. The van der Waals surface area contributed by atoms with Crippen LogP contribution in [0.2, 0.25) is 0 Å². The van der Waals surface area contributed by atoms with Crippen LogP contribution in [0.1, 0.15) is 39.0 Å². The summed E-state index contributed by atoms with van der Waals surface area (Å²) in [5.74, 6) is 0.821. The highest BCUT2D eigenvalue weighted by atomic mass is 14.9. The quantitative estimate of drug-likeness (QED) is 0.835. The molecule has 2 rings (SSSR count). The Labute approximate surface area is 104 Å². The minimum atomic E-state index is 0.546. The number of anilines is 2. The van der Waals surface area contributed by atoms with E-state index >= 15 is 0 Å². The first-order valence-corrected chi connectivity index (χ1v) is 6.69. The summed E-state index contributed by atoms with van der Waals surface area (Å²) in [6.45, 7) is 2.29. The molecular formula is C14H23N3. The molecule has 0 aliphatic heterocycles. The molecule has 1 aromatic heterocycles. The largest absolute Gasteiger partial charge is 0.387 e. The summed E-state index contributed by atoms with van der Waals surface area (Å²) < 4.78 is 0. The van der Waals surface area contributed by atoms with Crippen LogP contribution in [0.5, 0.6) is 0 Å². The van der Waals surface area contributed by atoms with Gasteiger partial charge in [-0.2, -0.15) is 0 Å². The van der Waals surface area contributed by atoms with Gasteiger partial charge in [-0.15, -0.1) is 0 Å². The molecule has 0 radical (unpaired) electrons. The molecule has 2 N–H and O–H groups in total. The maximum absolute atomic E-state index is 4.23. The molecule has 1 aliphatic carbocycles. The van der Waals surface area contributed by atoms with E-state index in [0.717, 1.165) is 17.3 Å². The van der Waals surface area contributed by atoms with Gasteiger partial charge in [0, 0.05) is 13.1 Å². The molecule has 0 amide bonds. The van der Waals surface area contributed by atoms with Gasteiger partial charge in [-0.1, -0.05) is 19.3 Å². The Balaban J connectivity index is 1.94. The Bertz CT molecular complexity index is 345. The second-order valence-corrected chi connectivity index (χ2v) is 5.04. The summed E-state index contributed by atoms with van der Waals surface area (Å²) >= 11 is 0. The molecule has 3 nitrogen and oxygen atoms in total. The van der Waals surface area contributed by atoms with Crippen LogP contribution in [0.25, 0.3) is 0 Å². The van der Waals surface area contributed by atoms with Crippen molar-refractivity contribution in [3.63, 3.8) is 0 Å². The molecule has 1 fully saturated rings. The summed E-state index contributed by atoms with van der Waals surface area (Å²) in [6.07, 6.45) is 10.7. The van der Waals surface area contributed by atoms with E-state index in [1.807, 2.05) is 19.4 Å². The number of nitrogens with one attached hydrogen (secondary N) is 2. The fourth-order valence-electron chi connectivity index (χ4n) is 2.67. The molecule has 0 spiro atoms. The van der Waals surface area contributed by atoms with Gasteiger partial charge in [-0.25, -0.2) is 0 Å². The third-order valence-corrected chi connectivity index (χ3v) is 3.78. The lowest BCUT2D eigenvalue weighted by molar-refractivity contribution is 0.328. The Kier molecular flexibility index (Phi) is 4.24. The maximum atomic E-state index is 4.23. The predicted molar refractivity (Wildman–Crippen MR) is 73.4 cm³/mol. The van der Waals surface area contributed by atoms with Gasteiger partial charge in [-0.05, 0) is 31.7 Å². The van der Waals surface area contributed by atoms with E-state index in [1.54, 1.807) is 0 Å². The van der Waals surface area contributed by atoms with Gasteiger partial charge in [0.2, 0.25) is 0 Å². The van der Waals surface area contributed by atoms with Crippen LogP contribution < -0.4 is 10.6 Å². The fraction of sp³-hybridized carbons (Fsp3) is 0.643. The van der Waals surface area contributed by atoms with E-state index in [9.17, 15) is 0 Å². The van der Waals surface area contributed by atoms with E-state index in [1.165, 1.54) is 32.1 Å². The molecule has 1 aliphatic rings. The first-order valence-electron chi connectivity index (χ1n) is 6.69. The molecule has 0 aromatic carbocycles. The van der Waals surface area contributed by atoms with Crippen LogP contribution in [0.3, 0.4) is 0 Å². The van der Waals surface area contributed by atoms with Gasteiger partial charge in [-0.3, -0.25) is 4.98 Å². The number of aromatic nitrogens is 1. The minimum absolute atomic E-state index is 0.546. The van der Waals surface area contributed by atoms with Crippen molar-refractivity contribution in [2.75, 3.05) is 17.7 Å². The van der Waals surface area contributed by atoms with E-state index in [0.29, 0.717) is 6.04 Å². The van der Waals surface area contributed by atoms with E-state index in [4.69, 9.17) is 0 Å². The van der Waals surface area contributed by atoms with E-state index < -0.39 is 0 Å². The third-order valence-electron chi connectivity index (χ3n) is 3.78. The van der Waals surface area contributed by atoms with Gasteiger partial charge in [0.15, 0.2) is 0 Å². The summed E-state index contributed by atoms with van der Waals surface area (Å²) in [5, 5.41) is 6.70. The molecule has 1 unspecified atom stereocenters. The van der Waals surface area contributed by atoms with Crippen molar-refractivity contribution >= 4 is 11.4 Å². The number of nitrogens with zero attached hydrogens (tertiary/aromatic N) is 1. The van der Waals surface area contributed by atoms with Crippen molar-refractivity contribution in [2.24, 2.45) is 5.92 Å². The van der Waals surface area contributed by atoms with Gasteiger partial charge in [0.1, 0.15) is 0 Å². The SMILES string of the molecule is CNc1cncc(NC(C)C2CCCCC2)c1. The third kappa shape index (κ3) is 3.35. The van der Waals surface area contributed by atoms with E-state index in [-0.39, 0.29) is 0 Å². The number of hydrogen-bond acceptors (Lipinski definition) is 3. The van der Waals surface area contributed by atoms with Crippen LogP contribution in [0, 0.1) is 5.92 Å². The molecule has 0 bridgehead atoms. The van der Waals surface area contributed by atoms with Gasteiger partial charge < -0.3 is 10.6 Å². The first-order chi connectivity index (χ1) is 8.29. The van der Waals surface area contributed by atoms with Crippen molar-refractivity contribution in [3.05, 3.63) is 18.5 Å². The van der Waals surface area contributed by atoms with Crippen molar-refractivity contribution in [3.8, 4) is 0 Å². The molecule has 1 heterocycles. The van der Waals surface area contributed by atoms with E-state index in [2.05, 4.69) is 28.6 Å². The standard InChI is InChI=1S/C14H23N3/c1-11(12-6-4-3-5-7-12)17-14-8-13(15-2)9-16-10-14/h8-12,15,17H,3-7H2,1-2H3.